The van der Waals surface area contributed by atoms with Crippen LogP contribution in [0.3, 0.4) is 0 Å². The van der Waals surface area contributed by atoms with Gasteiger partial charge >= 0.3 is 5.97 Å². The summed E-state index contributed by atoms with van der Waals surface area (Å²) >= 11 is 0. The molecule has 0 aromatic carbocycles. The second kappa shape index (κ2) is 7.46. The van der Waals surface area contributed by atoms with Crippen molar-refractivity contribution in [2.75, 3.05) is 6.54 Å². The van der Waals surface area contributed by atoms with Crippen molar-refractivity contribution in [1.29, 1.82) is 0 Å². The fourth-order valence-electron chi connectivity index (χ4n) is 2.85. The van der Waals surface area contributed by atoms with Crippen molar-refractivity contribution in [3.05, 3.63) is 11.6 Å². The van der Waals surface area contributed by atoms with Gasteiger partial charge in [-0.3, -0.25) is 9.59 Å². The zero-order valence-electron chi connectivity index (χ0n) is 13.1. The van der Waals surface area contributed by atoms with E-state index in [1.165, 1.54) is 6.42 Å². The first kappa shape index (κ1) is 16.7. The summed E-state index contributed by atoms with van der Waals surface area (Å²) in [4.78, 5) is 25.3. The predicted molar refractivity (Wildman–Crippen MR) is 79.4 cm³/mol. The van der Waals surface area contributed by atoms with Crippen molar-refractivity contribution < 1.29 is 14.7 Å². The standard InChI is InChI=1S/C16H27NO3/c1-11(2)9-15(18)17(10-13(4)16(19)20)14-8-6-5-7-12(14)3/h9,12-14H,5-8,10H2,1-4H3,(H,19,20). The highest BCUT2D eigenvalue weighted by atomic mass is 16.4. The average molecular weight is 281 g/mol. The Balaban J connectivity index is 2.90. The predicted octanol–water partition coefficient (Wildman–Crippen LogP) is 3.08. The number of hydrogen-bond acceptors (Lipinski definition) is 2. The molecule has 0 aromatic heterocycles. The molecule has 1 fully saturated rings. The first-order chi connectivity index (χ1) is 9.32. The van der Waals surface area contributed by atoms with E-state index in [9.17, 15) is 9.59 Å². The molecule has 4 heteroatoms. The Morgan fingerprint density at radius 2 is 1.90 bits per heavy atom. The van der Waals surface area contributed by atoms with E-state index < -0.39 is 11.9 Å². The Labute approximate surface area is 121 Å². The summed E-state index contributed by atoms with van der Waals surface area (Å²) in [5.41, 5.74) is 0.950. The molecule has 1 aliphatic rings. The van der Waals surface area contributed by atoms with Gasteiger partial charge in [-0.25, -0.2) is 0 Å². The Bertz CT molecular complexity index is 385. The Morgan fingerprint density at radius 3 is 2.40 bits per heavy atom. The summed E-state index contributed by atoms with van der Waals surface area (Å²) in [6, 6.07) is 0.175. The number of hydrogen-bond donors (Lipinski definition) is 1. The van der Waals surface area contributed by atoms with Crippen molar-refractivity contribution in [3.8, 4) is 0 Å². The summed E-state index contributed by atoms with van der Waals surface area (Å²) in [6.45, 7) is 7.91. The summed E-state index contributed by atoms with van der Waals surface area (Å²) in [5, 5.41) is 9.11. The van der Waals surface area contributed by atoms with Crippen LogP contribution in [0.1, 0.15) is 53.4 Å². The molecule has 3 atom stereocenters. The summed E-state index contributed by atoms with van der Waals surface area (Å²) in [7, 11) is 0. The Kier molecular flexibility index (Phi) is 6.24. The quantitative estimate of drug-likeness (QED) is 0.788. The number of allylic oxidation sites excluding steroid dienone is 1. The maximum atomic E-state index is 12.4. The van der Waals surface area contributed by atoms with Gasteiger partial charge in [-0.1, -0.05) is 32.3 Å². The summed E-state index contributed by atoms with van der Waals surface area (Å²) < 4.78 is 0. The smallest absolute Gasteiger partial charge is 0.308 e. The minimum atomic E-state index is -0.844. The molecule has 0 aliphatic heterocycles. The molecule has 114 valence electrons. The molecule has 1 saturated carbocycles. The second-order valence-electron chi connectivity index (χ2n) is 6.28. The lowest BCUT2D eigenvalue weighted by Gasteiger charge is -2.39. The van der Waals surface area contributed by atoms with Crippen molar-refractivity contribution >= 4 is 11.9 Å². The molecule has 1 aliphatic carbocycles. The van der Waals surface area contributed by atoms with Gasteiger partial charge in [-0.2, -0.15) is 0 Å². The minimum Gasteiger partial charge on any atom is -0.481 e. The van der Waals surface area contributed by atoms with E-state index in [-0.39, 0.29) is 11.9 Å². The first-order valence-corrected chi connectivity index (χ1v) is 7.51. The van der Waals surface area contributed by atoms with Gasteiger partial charge in [0, 0.05) is 18.7 Å². The van der Waals surface area contributed by atoms with Gasteiger partial charge in [0.15, 0.2) is 0 Å². The fraction of sp³-hybridized carbons (Fsp3) is 0.750. The van der Waals surface area contributed by atoms with Gasteiger partial charge in [0.2, 0.25) is 5.91 Å². The lowest BCUT2D eigenvalue weighted by molar-refractivity contribution is -0.143. The van der Waals surface area contributed by atoms with Crippen LogP contribution in [-0.4, -0.2) is 34.5 Å². The highest BCUT2D eigenvalue weighted by Gasteiger charge is 2.31. The normalized spacial score (nSPS) is 23.8. The molecule has 0 saturated heterocycles. The van der Waals surface area contributed by atoms with E-state index >= 15 is 0 Å². The van der Waals surface area contributed by atoms with Gasteiger partial charge in [0.1, 0.15) is 0 Å². The van der Waals surface area contributed by atoms with Gasteiger partial charge in [-0.05, 0) is 32.6 Å². The van der Waals surface area contributed by atoms with Gasteiger partial charge < -0.3 is 10.0 Å². The van der Waals surface area contributed by atoms with Gasteiger partial charge in [0.05, 0.1) is 5.92 Å². The number of aliphatic carboxylic acids is 1. The number of carboxylic acid groups (broad SMARTS) is 1. The van der Waals surface area contributed by atoms with E-state index in [1.54, 1.807) is 17.9 Å². The highest BCUT2D eigenvalue weighted by molar-refractivity contribution is 5.88. The lowest BCUT2D eigenvalue weighted by atomic mass is 9.84. The molecule has 1 rings (SSSR count). The van der Waals surface area contributed by atoms with E-state index in [2.05, 4.69) is 6.92 Å². The molecule has 1 N–H and O–H groups in total. The zero-order valence-corrected chi connectivity index (χ0v) is 13.1. The van der Waals surface area contributed by atoms with Crippen molar-refractivity contribution in [1.82, 2.24) is 4.90 Å². The van der Waals surface area contributed by atoms with Crippen LogP contribution in [0.4, 0.5) is 0 Å². The molecule has 0 heterocycles. The molecular weight excluding hydrogens is 254 g/mol. The Morgan fingerprint density at radius 1 is 1.30 bits per heavy atom. The van der Waals surface area contributed by atoms with Crippen LogP contribution in [0.2, 0.25) is 0 Å². The number of amides is 1. The van der Waals surface area contributed by atoms with Gasteiger partial charge in [-0.15, -0.1) is 0 Å². The van der Waals surface area contributed by atoms with E-state index in [0.717, 1.165) is 24.8 Å². The van der Waals surface area contributed by atoms with Crippen LogP contribution < -0.4 is 0 Å². The maximum Gasteiger partial charge on any atom is 0.308 e. The Hall–Kier alpha value is -1.32. The van der Waals surface area contributed by atoms with Crippen LogP contribution in [0, 0.1) is 11.8 Å². The van der Waals surface area contributed by atoms with Crippen molar-refractivity contribution in [3.63, 3.8) is 0 Å². The molecule has 0 aromatic rings. The molecule has 3 unspecified atom stereocenters. The van der Waals surface area contributed by atoms with Crippen LogP contribution in [0.15, 0.2) is 11.6 Å². The highest BCUT2D eigenvalue weighted by Crippen LogP contribution is 2.29. The molecule has 0 radical (unpaired) electrons. The minimum absolute atomic E-state index is 0.0446. The monoisotopic (exact) mass is 281 g/mol. The molecule has 0 spiro atoms. The third-order valence-corrected chi connectivity index (χ3v) is 4.05. The van der Waals surface area contributed by atoms with Crippen LogP contribution >= 0.6 is 0 Å². The third-order valence-electron chi connectivity index (χ3n) is 4.05. The average Bonchev–Trinajstić information content (AvgIpc) is 2.35. The largest absolute Gasteiger partial charge is 0.481 e. The molecule has 0 bridgehead atoms. The van der Waals surface area contributed by atoms with Gasteiger partial charge in [0.25, 0.3) is 0 Å². The third kappa shape index (κ3) is 4.66. The van der Waals surface area contributed by atoms with Crippen LogP contribution in [0.25, 0.3) is 0 Å². The van der Waals surface area contributed by atoms with E-state index in [1.807, 2.05) is 13.8 Å². The SMILES string of the molecule is CC(C)=CC(=O)N(CC(C)C(=O)O)C1CCCCC1C. The topological polar surface area (TPSA) is 57.6 Å². The first-order valence-electron chi connectivity index (χ1n) is 7.51. The number of nitrogens with zero attached hydrogens (tertiary/aromatic N) is 1. The molecular formula is C16H27NO3. The van der Waals surface area contributed by atoms with Crippen molar-refractivity contribution in [2.24, 2.45) is 11.8 Å². The summed E-state index contributed by atoms with van der Waals surface area (Å²) in [6.07, 6.45) is 6.04. The number of carbonyl (C=O) groups is 2. The number of rotatable bonds is 5. The van der Waals surface area contributed by atoms with E-state index in [0.29, 0.717) is 12.5 Å². The van der Waals surface area contributed by atoms with E-state index in [4.69, 9.17) is 5.11 Å². The number of carbonyl (C=O) groups excluding carboxylic acids is 1. The molecule has 20 heavy (non-hydrogen) atoms. The van der Waals surface area contributed by atoms with Crippen LogP contribution in [-0.2, 0) is 9.59 Å². The summed E-state index contributed by atoms with van der Waals surface area (Å²) in [5.74, 6) is -0.974. The van der Waals surface area contributed by atoms with Crippen LogP contribution in [0.5, 0.6) is 0 Å². The maximum absolute atomic E-state index is 12.4. The second-order valence-corrected chi connectivity index (χ2v) is 6.28. The fourth-order valence-corrected chi connectivity index (χ4v) is 2.85. The molecule has 4 nitrogen and oxygen atoms in total. The lowest BCUT2D eigenvalue weighted by Crippen LogP contribution is -2.47. The number of carboxylic acids is 1. The molecule has 1 amide bonds. The zero-order chi connectivity index (χ0) is 15.3. The van der Waals surface area contributed by atoms with Crippen molar-refractivity contribution in [2.45, 2.75) is 59.4 Å².